The zero-order valence-electron chi connectivity index (χ0n) is 24.5. The van der Waals surface area contributed by atoms with Crippen LogP contribution in [0.4, 0.5) is 24.5 Å². The number of nitrogen functional groups attached to an aromatic ring is 2. The molecule has 3 rings (SSSR count). The Morgan fingerprint density at radius 2 is 1.22 bits per heavy atom. The number of hydrogen-bond acceptors (Lipinski definition) is 9. The summed E-state index contributed by atoms with van der Waals surface area (Å²) < 4.78 is 57.7. The number of carbonyl (C=O) groups excluding carboxylic acids is 3. The van der Waals surface area contributed by atoms with Crippen LogP contribution in [0.15, 0.2) is 72.8 Å². The molecular formula is C33H35F3N2O7. The van der Waals surface area contributed by atoms with Crippen LogP contribution >= 0.6 is 0 Å². The number of ether oxygens (including phenoxy) is 4. The van der Waals surface area contributed by atoms with E-state index < -0.39 is 30.7 Å². The lowest BCUT2D eigenvalue weighted by Crippen LogP contribution is -2.19. The predicted octanol–water partition coefficient (Wildman–Crippen LogP) is 6.76. The van der Waals surface area contributed by atoms with Crippen molar-refractivity contribution in [3.63, 3.8) is 0 Å². The maximum absolute atomic E-state index is 13.0. The summed E-state index contributed by atoms with van der Waals surface area (Å²) in [5.41, 5.74) is 13.3. The van der Waals surface area contributed by atoms with E-state index >= 15 is 0 Å². The van der Waals surface area contributed by atoms with Crippen LogP contribution < -0.4 is 20.9 Å². The molecule has 1 unspecified atom stereocenters. The number of unbranched alkanes of at least 4 members (excludes halogenated alkanes) is 5. The Morgan fingerprint density at radius 1 is 0.667 bits per heavy atom. The van der Waals surface area contributed by atoms with Crippen LogP contribution in [0.5, 0.6) is 11.5 Å². The van der Waals surface area contributed by atoms with Crippen molar-refractivity contribution >= 4 is 35.4 Å². The van der Waals surface area contributed by atoms with E-state index in [0.29, 0.717) is 35.7 Å². The standard InChI is InChI=1S/C33H35F3N2O7/c34-30(35)31(36)44-27-14-10-23(11-15-27)33(41)45-28-12-7-22(8-13-28)9-16-29(39)42-17-5-3-1-2-4-6-18-43-32(40)24-19-25(37)21-26(38)20-24/h7-16,19-21,30-31H,1-6,17-18,37-38H2/b16-9+. The van der Waals surface area contributed by atoms with Gasteiger partial charge in [0, 0.05) is 17.5 Å². The van der Waals surface area contributed by atoms with Crippen LogP contribution in [0.25, 0.3) is 6.08 Å². The van der Waals surface area contributed by atoms with Crippen molar-refractivity contribution in [1.82, 2.24) is 0 Å². The highest BCUT2D eigenvalue weighted by molar-refractivity contribution is 5.92. The van der Waals surface area contributed by atoms with Crippen LogP contribution in [0.2, 0.25) is 0 Å². The smallest absolute Gasteiger partial charge is 0.343 e. The average Bonchev–Trinajstić information content (AvgIpc) is 3.01. The lowest BCUT2D eigenvalue weighted by molar-refractivity contribution is -0.137. The van der Waals surface area contributed by atoms with E-state index in [9.17, 15) is 27.6 Å². The fraction of sp³-hybridized carbons (Fsp3) is 0.303. The van der Waals surface area contributed by atoms with Crippen molar-refractivity contribution in [2.75, 3.05) is 24.7 Å². The fourth-order valence-electron chi connectivity index (χ4n) is 4.00. The van der Waals surface area contributed by atoms with E-state index in [1.807, 2.05) is 0 Å². The predicted molar refractivity (Wildman–Crippen MR) is 163 cm³/mol. The SMILES string of the molecule is Nc1cc(N)cc(C(=O)OCCCCCCCCOC(=O)/C=C/c2ccc(OC(=O)c3ccc(OC(F)C(F)F)cc3)cc2)c1. The highest BCUT2D eigenvalue weighted by Crippen LogP contribution is 2.20. The van der Waals surface area contributed by atoms with Crippen LogP contribution in [0.3, 0.4) is 0 Å². The summed E-state index contributed by atoms with van der Waals surface area (Å²) in [5.74, 6) is -1.55. The van der Waals surface area contributed by atoms with Crippen molar-refractivity contribution in [2.24, 2.45) is 0 Å². The molecule has 4 N–H and O–H groups in total. The first kappa shape index (κ1) is 34.5. The molecule has 1 atom stereocenters. The summed E-state index contributed by atoms with van der Waals surface area (Å²) in [4.78, 5) is 36.4. The first-order valence-electron chi connectivity index (χ1n) is 14.3. The Kier molecular flexibility index (Phi) is 13.8. The van der Waals surface area contributed by atoms with Crippen molar-refractivity contribution in [3.05, 3.63) is 89.5 Å². The number of carbonyl (C=O) groups is 3. The van der Waals surface area contributed by atoms with Gasteiger partial charge in [-0.1, -0.05) is 37.8 Å². The lowest BCUT2D eigenvalue weighted by atomic mass is 10.1. The topological polar surface area (TPSA) is 140 Å². The third-order valence-corrected chi connectivity index (χ3v) is 6.27. The van der Waals surface area contributed by atoms with Gasteiger partial charge in [-0.3, -0.25) is 0 Å². The minimum atomic E-state index is -3.28. The summed E-state index contributed by atoms with van der Waals surface area (Å²) in [5, 5.41) is 0. The molecule has 0 heterocycles. The van der Waals surface area contributed by atoms with E-state index in [4.69, 9.17) is 25.7 Å². The molecule has 0 aliphatic heterocycles. The molecule has 3 aromatic carbocycles. The molecule has 3 aromatic rings. The minimum Gasteiger partial charge on any atom is -0.463 e. The Balaban J connectivity index is 1.25. The number of esters is 3. The Hall–Kier alpha value is -5.00. The first-order chi connectivity index (χ1) is 21.6. The monoisotopic (exact) mass is 628 g/mol. The molecule has 240 valence electrons. The number of anilines is 2. The van der Waals surface area contributed by atoms with Gasteiger partial charge in [0.2, 0.25) is 0 Å². The number of nitrogens with two attached hydrogens (primary N) is 2. The van der Waals surface area contributed by atoms with Gasteiger partial charge in [0.1, 0.15) is 11.5 Å². The molecule has 0 spiro atoms. The first-order valence-corrected chi connectivity index (χ1v) is 14.3. The van der Waals surface area contributed by atoms with Gasteiger partial charge in [-0.05, 0) is 79.1 Å². The lowest BCUT2D eigenvalue weighted by Gasteiger charge is -2.10. The van der Waals surface area contributed by atoms with Crippen LogP contribution in [-0.4, -0.2) is 43.9 Å². The van der Waals surface area contributed by atoms with Crippen molar-refractivity contribution in [1.29, 1.82) is 0 Å². The maximum Gasteiger partial charge on any atom is 0.343 e. The van der Waals surface area contributed by atoms with Crippen LogP contribution in [-0.2, 0) is 14.3 Å². The van der Waals surface area contributed by atoms with Crippen molar-refractivity contribution < 1.29 is 46.5 Å². The zero-order chi connectivity index (χ0) is 32.6. The van der Waals surface area contributed by atoms with E-state index in [1.54, 1.807) is 24.3 Å². The van der Waals surface area contributed by atoms with E-state index in [1.165, 1.54) is 54.6 Å². The normalized spacial score (nSPS) is 11.7. The van der Waals surface area contributed by atoms with Crippen molar-refractivity contribution in [3.8, 4) is 11.5 Å². The summed E-state index contributed by atoms with van der Waals surface area (Å²) in [6, 6.07) is 15.9. The molecule has 0 bridgehead atoms. The Bertz CT molecular complexity index is 1410. The molecule has 12 heteroatoms. The van der Waals surface area contributed by atoms with Crippen LogP contribution in [0.1, 0.15) is 64.8 Å². The van der Waals surface area contributed by atoms with Crippen molar-refractivity contribution in [2.45, 2.75) is 51.3 Å². The third-order valence-electron chi connectivity index (χ3n) is 6.27. The number of hydrogen-bond donors (Lipinski definition) is 2. The molecule has 0 saturated heterocycles. The third kappa shape index (κ3) is 12.6. The molecule has 9 nitrogen and oxygen atoms in total. The highest BCUT2D eigenvalue weighted by atomic mass is 19.3. The molecule has 0 saturated carbocycles. The summed E-state index contributed by atoms with van der Waals surface area (Å²) >= 11 is 0. The Labute approximate surface area is 258 Å². The average molecular weight is 629 g/mol. The molecular weight excluding hydrogens is 593 g/mol. The number of halogens is 3. The van der Waals surface area contributed by atoms with Gasteiger partial charge in [0.15, 0.2) is 0 Å². The molecule has 0 radical (unpaired) electrons. The fourth-order valence-corrected chi connectivity index (χ4v) is 4.00. The minimum absolute atomic E-state index is 0.113. The molecule has 0 aliphatic rings. The van der Waals surface area contributed by atoms with Gasteiger partial charge < -0.3 is 30.4 Å². The van der Waals surface area contributed by atoms with E-state index in [0.717, 1.165) is 38.5 Å². The zero-order valence-corrected chi connectivity index (χ0v) is 24.5. The van der Waals surface area contributed by atoms with E-state index in [-0.39, 0.29) is 17.1 Å². The number of benzene rings is 3. The van der Waals surface area contributed by atoms with E-state index in [2.05, 4.69) is 4.74 Å². The van der Waals surface area contributed by atoms with Crippen LogP contribution in [0, 0.1) is 0 Å². The van der Waals surface area contributed by atoms with Gasteiger partial charge in [0.05, 0.1) is 24.3 Å². The van der Waals surface area contributed by atoms with Gasteiger partial charge in [-0.25, -0.2) is 23.2 Å². The molecule has 0 amide bonds. The summed E-state index contributed by atoms with van der Waals surface area (Å²) in [6.07, 6.45) is 2.03. The highest BCUT2D eigenvalue weighted by Gasteiger charge is 2.21. The molecule has 45 heavy (non-hydrogen) atoms. The number of rotatable bonds is 17. The van der Waals surface area contributed by atoms with Gasteiger partial charge in [0.25, 0.3) is 6.36 Å². The second-order valence-corrected chi connectivity index (χ2v) is 9.93. The molecule has 0 aromatic heterocycles. The second-order valence-electron chi connectivity index (χ2n) is 9.93. The number of alkyl halides is 3. The van der Waals surface area contributed by atoms with Gasteiger partial charge >= 0.3 is 24.3 Å². The molecule has 0 aliphatic carbocycles. The molecule has 0 fully saturated rings. The quantitative estimate of drug-likeness (QED) is 0.0545. The summed E-state index contributed by atoms with van der Waals surface area (Å²) in [6.45, 7) is 0.612. The largest absolute Gasteiger partial charge is 0.463 e. The summed E-state index contributed by atoms with van der Waals surface area (Å²) in [7, 11) is 0. The van der Waals surface area contributed by atoms with Gasteiger partial charge in [-0.15, -0.1) is 0 Å². The second kappa shape index (κ2) is 18.0. The maximum atomic E-state index is 13.0. The van der Waals surface area contributed by atoms with Gasteiger partial charge in [-0.2, -0.15) is 4.39 Å². The Morgan fingerprint density at radius 3 is 1.82 bits per heavy atom.